The second kappa shape index (κ2) is 5.02. The van der Waals surface area contributed by atoms with E-state index in [0.717, 1.165) is 12.1 Å². The Hall–Kier alpha value is -1.87. The van der Waals surface area contributed by atoms with Gasteiger partial charge in [-0.2, -0.15) is 0 Å². The van der Waals surface area contributed by atoms with Gasteiger partial charge >= 0.3 is 0 Å². The average molecular weight is 283 g/mol. The number of nitrogens with zero attached hydrogens (tertiary/aromatic N) is 1. The van der Waals surface area contributed by atoms with Crippen LogP contribution in [0.3, 0.4) is 0 Å². The first-order valence-corrected chi connectivity index (χ1v) is 5.85. The number of hydrogen-bond donors (Lipinski definition) is 1. The van der Waals surface area contributed by atoms with Gasteiger partial charge in [0.25, 0.3) is 0 Å². The lowest BCUT2D eigenvalue weighted by atomic mass is 10.1. The molecule has 1 unspecified atom stereocenters. The summed E-state index contributed by atoms with van der Waals surface area (Å²) in [6.45, 7) is 3.42. The summed E-state index contributed by atoms with van der Waals surface area (Å²) in [5.74, 6) is -1.29. The average Bonchev–Trinajstić information content (AvgIpc) is 2.66. The predicted octanol–water partition coefficient (Wildman–Crippen LogP) is 3.61. The van der Waals surface area contributed by atoms with Gasteiger partial charge in [-0.05, 0) is 21.5 Å². The third kappa shape index (κ3) is 2.34. The van der Waals surface area contributed by atoms with Crippen LogP contribution in [0.4, 0.5) is 8.78 Å². The van der Waals surface area contributed by atoms with Crippen molar-refractivity contribution in [2.45, 2.75) is 0 Å². The fourth-order valence-corrected chi connectivity index (χ4v) is 2.27. The molecule has 0 spiro atoms. The van der Waals surface area contributed by atoms with E-state index in [9.17, 15) is 13.9 Å². The van der Waals surface area contributed by atoms with E-state index < -0.39 is 11.6 Å². The molecular formula is C13H12F2NO2P. The lowest BCUT2D eigenvalue weighted by Gasteiger charge is -2.08. The normalized spacial score (nSPS) is 10.5. The quantitative estimate of drug-likeness (QED) is 0.689. The Morgan fingerprint density at radius 3 is 2.63 bits per heavy atom. The fourth-order valence-electron chi connectivity index (χ4n) is 1.86. The second-order valence-corrected chi connectivity index (χ2v) is 4.46. The lowest BCUT2D eigenvalue weighted by molar-refractivity contribution is 0.411. The van der Waals surface area contributed by atoms with Gasteiger partial charge < -0.3 is 14.2 Å². The van der Waals surface area contributed by atoms with E-state index in [2.05, 4.69) is 16.0 Å². The van der Waals surface area contributed by atoms with Crippen LogP contribution >= 0.6 is 9.39 Å². The minimum atomic E-state index is -0.713. The molecule has 3 nitrogen and oxygen atoms in total. The number of aliphatic hydroxyl groups excluding tert-OH is 1. The van der Waals surface area contributed by atoms with Crippen molar-refractivity contribution in [2.24, 2.45) is 0 Å². The molecule has 0 fully saturated rings. The maximum absolute atomic E-state index is 13.8. The van der Waals surface area contributed by atoms with Gasteiger partial charge in [-0.1, -0.05) is 6.58 Å². The third-order valence-electron chi connectivity index (χ3n) is 2.69. The van der Waals surface area contributed by atoms with Crippen molar-refractivity contribution in [1.82, 2.24) is 4.34 Å². The fraction of sp³-hybridized carbons (Fsp3) is 0.0769. The number of aromatic nitrogens is 1. The molecule has 6 heteroatoms. The summed E-state index contributed by atoms with van der Waals surface area (Å²) in [6, 6.07) is 3.26. The molecule has 19 heavy (non-hydrogen) atoms. The van der Waals surface area contributed by atoms with Crippen molar-refractivity contribution < 1.29 is 18.6 Å². The van der Waals surface area contributed by atoms with Crippen LogP contribution in [0.2, 0.25) is 0 Å². The van der Waals surface area contributed by atoms with Gasteiger partial charge in [-0.25, -0.2) is 8.78 Å². The van der Waals surface area contributed by atoms with Crippen LogP contribution in [0.25, 0.3) is 17.0 Å². The summed E-state index contributed by atoms with van der Waals surface area (Å²) >= 11 is 0. The number of aliphatic hydroxyl groups is 1. The molecule has 1 aromatic heterocycles. The van der Waals surface area contributed by atoms with Crippen molar-refractivity contribution in [3.63, 3.8) is 0 Å². The minimum Gasteiger partial charge on any atom is -0.508 e. The van der Waals surface area contributed by atoms with Gasteiger partial charge in [0, 0.05) is 17.8 Å². The molecule has 1 N–H and O–H groups in total. The highest BCUT2D eigenvalue weighted by molar-refractivity contribution is 7.14. The molecule has 0 saturated heterocycles. The SMILES string of the molecule is C=C(O)c1cn(P)c(-c2ccc(F)cc2F)c1OC. The van der Waals surface area contributed by atoms with Crippen LogP contribution in [-0.2, 0) is 0 Å². The largest absolute Gasteiger partial charge is 0.508 e. The first-order valence-electron chi connectivity index (χ1n) is 5.33. The summed E-state index contributed by atoms with van der Waals surface area (Å²) in [6.07, 6.45) is 1.53. The number of hydrogen-bond acceptors (Lipinski definition) is 2. The van der Waals surface area contributed by atoms with Crippen molar-refractivity contribution in [3.8, 4) is 17.0 Å². The molecule has 100 valence electrons. The molecule has 0 aliphatic heterocycles. The topological polar surface area (TPSA) is 34.4 Å². The predicted molar refractivity (Wildman–Crippen MR) is 73.1 cm³/mol. The highest BCUT2D eigenvalue weighted by atomic mass is 31.0. The molecular weight excluding hydrogens is 271 g/mol. The maximum Gasteiger partial charge on any atom is 0.155 e. The summed E-state index contributed by atoms with van der Waals surface area (Å²) in [5.41, 5.74) is 0.882. The Kier molecular flexibility index (Phi) is 3.58. The Labute approximate surface area is 111 Å². The molecule has 2 rings (SSSR count). The second-order valence-electron chi connectivity index (χ2n) is 3.90. The standard InChI is InChI=1S/C13H12F2NO2P/c1-7(17)10-6-16(19)12(13(10)18-2)9-4-3-8(14)5-11(9)15/h3-6,17H,1,19H2,2H3. The summed E-state index contributed by atoms with van der Waals surface area (Å²) in [5, 5.41) is 9.48. The van der Waals surface area contributed by atoms with Gasteiger partial charge in [-0.3, -0.25) is 0 Å². The van der Waals surface area contributed by atoms with E-state index in [1.165, 1.54) is 23.7 Å². The van der Waals surface area contributed by atoms with E-state index in [4.69, 9.17) is 4.74 Å². The van der Waals surface area contributed by atoms with Gasteiger partial charge in [0.1, 0.15) is 17.4 Å². The molecule has 1 aromatic carbocycles. The van der Waals surface area contributed by atoms with Gasteiger partial charge in [-0.15, -0.1) is 0 Å². The number of benzene rings is 1. The van der Waals surface area contributed by atoms with E-state index in [-0.39, 0.29) is 17.1 Å². The van der Waals surface area contributed by atoms with Crippen LogP contribution in [0.15, 0.2) is 31.0 Å². The number of ether oxygens (including phenoxy) is 1. The number of halogens is 2. The Balaban J connectivity index is 2.71. The Bertz CT molecular complexity index is 652. The molecule has 0 saturated carbocycles. The maximum atomic E-state index is 13.8. The van der Waals surface area contributed by atoms with E-state index in [0.29, 0.717) is 11.3 Å². The molecule has 0 amide bonds. The first-order chi connectivity index (χ1) is 8.95. The van der Waals surface area contributed by atoms with Crippen LogP contribution in [0, 0.1) is 11.6 Å². The zero-order valence-electron chi connectivity index (χ0n) is 10.2. The van der Waals surface area contributed by atoms with E-state index in [1.54, 1.807) is 0 Å². The van der Waals surface area contributed by atoms with Crippen molar-refractivity contribution >= 4 is 15.1 Å². The van der Waals surface area contributed by atoms with E-state index in [1.807, 2.05) is 0 Å². The van der Waals surface area contributed by atoms with Crippen molar-refractivity contribution in [3.05, 3.63) is 48.2 Å². The first kappa shape index (κ1) is 13.6. The lowest BCUT2D eigenvalue weighted by Crippen LogP contribution is -1.93. The molecule has 0 radical (unpaired) electrons. The van der Waals surface area contributed by atoms with Crippen LogP contribution in [0.1, 0.15) is 5.56 Å². The number of methoxy groups -OCH3 is 1. The highest BCUT2D eigenvalue weighted by Gasteiger charge is 2.21. The Morgan fingerprint density at radius 1 is 1.42 bits per heavy atom. The summed E-state index contributed by atoms with van der Waals surface area (Å²) in [7, 11) is 3.75. The molecule has 0 aliphatic carbocycles. The zero-order chi connectivity index (χ0) is 14.2. The molecule has 0 bridgehead atoms. The number of rotatable bonds is 3. The highest BCUT2D eigenvalue weighted by Crippen LogP contribution is 2.39. The summed E-state index contributed by atoms with van der Waals surface area (Å²) < 4.78 is 33.5. The van der Waals surface area contributed by atoms with Crippen molar-refractivity contribution in [1.29, 1.82) is 0 Å². The van der Waals surface area contributed by atoms with Gasteiger partial charge in [0.15, 0.2) is 5.75 Å². The Morgan fingerprint density at radius 2 is 2.11 bits per heavy atom. The smallest absolute Gasteiger partial charge is 0.155 e. The van der Waals surface area contributed by atoms with Gasteiger partial charge in [0.05, 0.1) is 18.4 Å². The summed E-state index contributed by atoms with van der Waals surface area (Å²) in [4.78, 5) is 0. The molecule has 2 aromatic rings. The minimum absolute atomic E-state index is 0.167. The monoisotopic (exact) mass is 283 g/mol. The van der Waals surface area contributed by atoms with Crippen LogP contribution < -0.4 is 4.74 Å². The third-order valence-corrected chi connectivity index (χ3v) is 3.09. The van der Waals surface area contributed by atoms with Crippen LogP contribution in [0.5, 0.6) is 5.75 Å². The van der Waals surface area contributed by atoms with Gasteiger partial charge in [0.2, 0.25) is 0 Å². The zero-order valence-corrected chi connectivity index (χ0v) is 11.3. The molecule has 1 atom stereocenters. The van der Waals surface area contributed by atoms with Crippen LogP contribution in [-0.4, -0.2) is 16.6 Å². The molecule has 1 heterocycles. The van der Waals surface area contributed by atoms with Crippen molar-refractivity contribution in [2.75, 3.05) is 7.11 Å². The molecule has 0 aliphatic rings. The van der Waals surface area contributed by atoms with E-state index >= 15 is 0 Å².